The van der Waals surface area contributed by atoms with E-state index in [2.05, 4.69) is 4.74 Å². The summed E-state index contributed by atoms with van der Waals surface area (Å²) in [6.45, 7) is 0.269. The summed E-state index contributed by atoms with van der Waals surface area (Å²) in [5, 5.41) is 8.29. The van der Waals surface area contributed by atoms with Crippen LogP contribution in [0.5, 0.6) is 0 Å². The van der Waals surface area contributed by atoms with Crippen molar-refractivity contribution in [3.05, 3.63) is 0 Å². The van der Waals surface area contributed by atoms with E-state index in [1.54, 1.807) is 0 Å². The van der Waals surface area contributed by atoms with Gasteiger partial charge in [-0.1, -0.05) is 0 Å². The van der Waals surface area contributed by atoms with Crippen LogP contribution in [0.1, 0.15) is 12.8 Å². The molecule has 4 heteroatoms. The fraction of sp³-hybridized carbons (Fsp3) is 0.667. The van der Waals surface area contributed by atoms with Crippen LogP contribution >= 0.6 is 0 Å². The van der Waals surface area contributed by atoms with Crippen LogP contribution in [0.3, 0.4) is 0 Å². The SMILES string of the molecule is O=C(O)CC1COC(=O)C1. The molecular formula is C6H8O4. The zero-order chi connectivity index (χ0) is 7.56. The molecule has 1 aliphatic rings. The minimum absolute atomic E-state index is 0.0335. The first-order valence-electron chi connectivity index (χ1n) is 3.06. The Bertz CT molecular complexity index is 163. The number of hydrogen-bond donors (Lipinski definition) is 1. The molecule has 10 heavy (non-hydrogen) atoms. The molecule has 1 saturated heterocycles. The maximum absolute atomic E-state index is 10.4. The van der Waals surface area contributed by atoms with Crippen LogP contribution in [0.15, 0.2) is 0 Å². The predicted octanol–water partition coefficient (Wildman–Crippen LogP) is 0.0242. The van der Waals surface area contributed by atoms with Crippen LogP contribution in [0, 0.1) is 5.92 Å². The molecule has 0 bridgehead atoms. The Labute approximate surface area is 57.8 Å². The maximum Gasteiger partial charge on any atom is 0.306 e. The number of hydrogen-bond acceptors (Lipinski definition) is 3. The second kappa shape index (κ2) is 2.68. The highest BCUT2D eigenvalue weighted by molar-refractivity contribution is 5.74. The molecule has 0 aromatic heterocycles. The van der Waals surface area contributed by atoms with Gasteiger partial charge in [-0.25, -0.2) is 0 Å². The van der Waals surface area contributed by atoms with Gasteiger partial charge in [0.05, 0.1) is 19.4 Å². The van der Waals surface area contributed by atoms with Crippen molar-refractivity contribution < 1.29 is 19.4 Å². The normalized spacial score (nSPS) is 24.4. The van der Waals surface area contributed by atoms with E-state index < -0.39 is 5.97 Å². The van der Waals surface area contributed by atoms with Crippen molar-refractivity contribution in [1.82, 2.24) is 0 Å². The molecule has 1 heterocycles. The Balaban J connectivity index is 2.31. The topological polar surface area (TPSA) is 63.6 Å². The summed E-state index contributed by atoms with van der Waals surface area (Å²) >= 11 is 0. The van der Waals surface area contributed by atoms with E-state index in [4.69, 9.17) is 5.11 Å². The van der Waals surface area contributed by atoms with Gasteiger partial charge in [-0.15, -0.1) is 0 Å². The molecule has 1 aliphatic heterocycles. The van der Waals surface area contributed by atoms with E-state index in [1.807, 2.05) is 0 Å². The average molecular weight is 144 g/mol. The Hall–Kier alpha value is -1.06. The monoisotopic (exact) mass is 144 g/mol. The zero-order valence-electron chi connectivity index (χ0n) is 5.37. The highest BCUT2D eigenvalue weighted by atomic mass is 16.5. The molecule has 0 amide bonds. The molecule has 0 aliphatic carbocycles. The lowest BCUT2D eigenvalue weighted by atomic mass is 10.1. The van der Waals surface area contributed by atoms with E-state index in [-0.39, 0.29) is 31.3 Å². The molecule has 0 saturated carbocycles. The highest BCUT2D eigenvalue weighted by Crippen LogP contribution is 2.16. The van der Waals surface area contributed by atoms with Crippen LogP contribution in [-0.4, -0.2) is 23.7 Å². The molecular weight excluding hydrogens is 136 g/mol. The molecule has 0 aromatic carbocycles. The number of rotatable bonds is 2. The lowest BCUT2D eigenvalue weighted by Crippen LogP contribution is -2.06. The van der Waals surface area contributed by atoms with Gasteiger partial charge in [0, 0.05) is 5.92 Å². The largest absolute Gasteiger partial charge is 0.481 e. The first-order valence-corrected chi connectivity index (χ1v) is 3.06. The second-order valence-electron chi connectivity index (χ2n) is 2.35. The fourth-order valence-electron chi connectivity index (χ4n) is 0.942. The van der Waals surface area contributed by atoms with Crippen molar-refractivity contribution >= 4 is 11.9 Å². The third-order valence-corrected chi connectivity index (χ3v) is 1.40. The van der Waals surface area contributed by atoms with Gasteiger partial charge in [0.15, 0.2) is 0 Å². The van der Waals surface area contributed by atoms with E-state index in [0.717, 1.165) is 0 Å². The maximum atomic E-state index is 10.4. The fourth-order valence-corrected chi connectivity index (χ4v) is 0.942. The number of cyclic esters (lactones) is 1. The number of carboxylic acids is 1. The number of ether oxygens (including phenoxy) is 1. The van der Waals surface area contributed by atoms with E-state index in [0.29, 0.717) is 0 Å². The summed E-state index contributed by atoms with van der Waals surface area (Å²) in [5.74, 6) is -1.26. The third-order valence-electron chi connectivity index (χ3n) is 1.40. The molecule has 1 unspecified atom stereocenters. The van der Waals surface area contributed by atoms with Gasteiger partial charge in [0.1, 0.15) is 0 Å². The third kappa shape index (κ3) is 1.72. The van der Waals surface area contributed by atoms with Crippen LogP contribution in [0.2, 0.25) is 0 Å². The lowest BCUT2D eigenvalue weighted by Gasteiger charge is -1.98. The molecule has 1 fully saturated rings. The van der Waals surface area contributed by atoms with Gasteiger partial charge in [0.25, 0.3) is 0 Å². The summed E-state index contributed by atoms with van der Waals surface area (Å²) in [4.78, 5) is 20.5. The number of aliphatic carboxylic acids is 1. The molecule has 1 atom stereocenters. The quantitative estimate of drug-likeness (QED) is 0.555. The standard InChI is InChI=1S/C6H8O4/c7-5(8)1-4-2-6(9)10-3-4/h4H,1-3H2,(H,7,8). The van der Waals surface area contributed by atoms with Crippen molar-refractivity contribution in [2.24, 2.45) is 5.92 Å². The van der Waals surface area contributed by atoms with Crippen molar-refractivity contribution in [2.75, 3.05) is 6.61 Å². The molecule has 0 radical (unpaired) electrons. The smallest absolute Gasteiger partial charge is 0.306 e. The second-order valence-corrected chi connectivity index (χ2v) is 2.35. The van der Waals surface area contributed by atoms with Crippen molar-refractivity contribution in [3.8, 4) is 0 Å². The van der Waals surface area contributed by atoms with E-state index in [1.165, 1.54) is 0 Å². The van der Waals surface area contributed by atoms with Crippen molar-refractivity contribution in [2.45, 2.75) is 12.8 Å². The van der Waals surface area contributed by atoms with Crippen molar-refractivity contribution in [3.63, 3.8) is 0 Å². The molecule has 1 N–H and O–H groups in total. The van der Waals surface area contributed by atoms with E-state index in [9.17, 15) is 9.59 Å². The minimum Gasteiger partial charge on any atom is -0.481 e. The Morgan fingerprint density at radius 1 is 1.80 bits per heavy atom. The molecule has 1 rings (SSSR count). The summed E-state index contributed by atoms with van der Waals surface area (Å²) in [6, 6.07) is 0. The van der Waals surface area contributed by atoms with E-state index >= 15 is 0 Å². The van der Waals surface area contributed by atoms with Gasteiger partial charge in [-0.2, -0.15) is 0 Å². The highest BCUT2D eigenvalue weighted by Gasteiger charge is 2.25. The summed E-state index contributed by atoms with van der Waals surface area (Å²) in [5.41, 5.74) is 0. The van der Waals surface area contributed by atoms with Gasteiger partial charge < -0.3 is 9.84 Å². The van der Waals surface area contributed by atoms with Crippen LogP contribution in [0.25, 0.3) is 0 Å². The summed E-state index contributed by atoms with van der Waals surface area (Å²) in [7, 11) is 0. The van der Waals surface area contributed by atoms with Crippen molar-refractivity contribution in [1.29, 1.82) is 0 Å². The molecule has 4 nitrogen and oxygen atoms in total. The zero-order valence-corrected chi connectivity index (χ0v) is 5.37. The lowest BCUT2D eigenvalue weighted by molar-refractivity contribution is -0.139. The first kappa shape index (κ1) is 7.05. The molecule has 0 aromatic rings. The Morgan fingerprint density at radius 2 is 2.50 bits per heavy atom. The molecule has 0 spiro atoms. The summed E-state index contributed by atoms with van der Waals surface area (Å²) in [6.07, 6.45) is 0.290. The number of esters is 1. The predicted molar refractivity (Wildman–Crippen MR) is 31.3 cm³/mol. The van der Waals surface area contributed by atoms with Crippen LogP contribution in [-0.2, 0) is 14.3 Å². The van der Waals surface area contributed by atoms with Gasteiger partial charge in [0.2, 0.25) is 0 Å². The Kier molecular flexibility index (Phi) is 1.89. The Morgan fingerprint density at radius 3 is 2.90 bits per heavy atom. The number of carboxylic acid groups (broad SMARTS) is 1. The van der Waals surface area contributed by atoms with Crippen LogP contribution < -0.4 is 0 Å². The minimum atomic E-state index is -0.872. The summed E-state index contributed by atoms with van der Waals surface area (Å²) < 4.78 is 4.56. The first-order chi connectivity index (χ1) is 4.68. The van der Waals surface area contributed by atoms with Gasteiger partial charge in [-0.05, 0) is 0 Å². The van der Waals surface area contributed by atoms with Crippen LogP contribution in [0.4, 0.5) is 0 Å². The van der Waals surface area contributed by atoms with Gasteiger partial charge in [-0.3, -0.25) is 9.59 Å². The average Bonchev–Trinajstić information content (AvgIpc) is 2.13. The number of carbonyl (C=O) groups is 2. The molecule has 56 valence electrons. The van der Waals surface area contributed by atoms with Gasteiger partial charge >= 0.3 is 11.9 Å². The number of carbonyl (C=O) groups excluding carboxylic acids is 1.